The molecule has 0 unspecified atom stereocenters. The minimum absolute atomic E-state index is 0.329. The summed E-state index contributed by atoms with van der Waals surface area (Å²) in [6, 6.07) is 15.2. The second-order valence-corrected chi connectivity index (χ2v) is 10.9. The number of rotatable bonds is 5. The summed E-state index contributed by atoms with van der Waals surface area (Å²) >= 11 is 4.74. The number of aromatic nitrogens is 2. The van der Waals surface area contributed by atoms with E-state index in [1.54, 1.807) is 28.6 Å². The molecule has 158 valence electrons. The Balaban J connectivity index is 1.42. The topological polar surface area (TPSA) is 66.4 Å². The van der Waals surface area contributed by atoms with Crippen LogP contribution < -0.4 is 4.90 Å². The highest BCUT2D eigenvalue weighted by molar-refractivity contribution is 9.10. The van der Waals surface area contributed by atoms with E-state index in [0.717, 1.165) is 28.4 Å². The Labute approximate surface area is 189 Å². The zero-order chi connectivity index (χ0) is 21.1. The van der Waals surface area contributed by atoms with Gasteiger partial charge in [-0.25, -0.2) is 13.4 Å². The minimum atomic E-state index is -3.49. The van der Waals surface area contributed by atoms with E-state index in [0.29, 0.717) is 31.0 Å². The molecule has 1 aromatic heterocycles. The average molecular weight is 507 g/mol. The summed E-state index contributed by atoms with van der Waals surface area (Å²) in [5.41, 5.74) is 2.42. The first-order valence-corrected chi connectivity index (χ1v) is 12.8. The molecule has 1 saturated heterocycles. The van der Waals surface area contributed by atoms with E-state index in [4.69, 9.17) is 4.98 Å². The van der Waals surface area contributed by atoms with Gasteiger partial charge in [0.15, 0.2) is 0 Å². The van der Waals surface area contributed by atoms with E-state index in [1.807, 2.05) is 0 Å². The molecule has 0 N–H and O–H groups in total. The summed E-state index contributed by atoms with van der Waals surface area (Å²) in [5, 5.41) is 0.861. The van der Waals surface area contributed by atoms with Gasteiger partial charge in [0, 0.05) is 48.6 Å². The summed E-state index contributed by atoms with van der Waals surface area (Å²) in [4.78, 5) is 7.18. The van der Waals surface area contributed by atoms with Crippen molar-refractivity contribution >= 4 is 42.6 Å². The molecule has 3 aromatic rings. The molecule has 30 heavy (non-hydrogen) atoms. The highest BCUT2D eigenvalue weighted by atomic mass is 79.9. The highest BCUT2D eigenvalue weighted by Gasteiger charge is 2.27. The van der Waals surface area contributed by atoms with E-state index in [2.05, 4.69) is 56.4 Å². The van der Waals surface area contributed by atoms with E-state index in [9.17, 15) is 8.42 Å². The Hall–Kier alpha value is -1.81. The molecule has 2 aromatic carbocycles. The lowest BCUT2D eigenvalue weighted by Gasteiger charge is -2.21. The number of benzene rings is 2. The first kappa shape index (κ1) is 21.4. The van der Waals surface area contributed by atoms with Crippen molar-refractivity contribution in [1.82, 2.24) is 13.7 Å². The predicted molar refractivity (Wildman–Crippen MR) is 124 cm³/mol. The summed E-state index contributed by atoms with van der Waals surface area (Å²) in [6.07, 6.45) is 1.46. The van der Waals surface area contributed by atoms with Crippen molar-refractivity contribution in [2.75, 3.05) is 31.1 Å². The summed E-state index contributed by atoms with van der Waals surface area (Å²) in [7, 11) is -3.49. The van der Waals surface area contributed by atoms with Crippen molar-refractivity contribution in [2.45, 2.75) is 24.7 Å². The lowest BCUT2D eigenvalue weighted by atomic mass is 10.1. The van der Waals surface area contributed by atoms with Gasteiger partial charge in [0.25, 0.3) is 0 Å². The fourth-order valence-electron chi connectivity index (χ4n) is 3.41. The van der Waals surface area contributed by atoms with Gasteiger partial charge in [0.05, 0.1) is 4.90 Å². The number of anilines is 1. The molecular formula is C21H23BrN4O2S2. The van der Waals surface area contributed by atoms with Crippen LogP contribution in [0.25, 0.3) is 0 Å². The van der Waals surface area contributed by atoms with Gasteiger partial charge in [0.2, 0.25) is 15.2 Å². The Morgan fingerprint density at radius 1 is 1.00 bits per heavy atom. The lowest BCUT2D eigenvalue weighted by Crippen LogP contribution is -2.35. The van der Waals surface area contributed by atoms with Crippen LogP contribution in [-0.4, -0.2) is 48.3 Å². The Bertz CT molecular complexity index is 1100. The largest absolute Gasteiger partial charge is 0.345 e. The number of aryl methyl sites for hydroxylation is 1. The molecule has 9 heteroatoms. The van der Waals surface area contributed by atoms with Gasteiger partial charge in [-0.05, 0) is 43.2 Å². The van der Waals surface area contributed by atoms with Crippen LogP contribution >= 0.6 is 27.5 Å². The second kappa shape index (κ2) is 9.13. The normalized spacial score (nSPS) is 15.9. The number of nitrogens with zero attached hydrogens (tertiary/aromatic N) is 4. The van der Waals surface area contributed by atoms with Crippen LogP contribution in [0.2, 0.25) is 0 Å². The molecule has 0 saturated carbocycles. The summed E-state index contributed by atoms with van der Waals surface area (Å²) in [5.74, 6) is 0.808. The van der Waals surface area contributed by atoms with E-state index >= 15 is 0 Å². The molecule has 0 spiro atoms. The minimum Gasteiger partial charge on any atom is -0.345 e. The van der Waals surface area contributed by atoms with Gasteiger partial charge >= 0.3 is 0 Å². The molecule has 0 amide bonds. The standard InChI is InChI=1S/C21H23BrN4O2S2/c1-16-3-5-17(6-4-16)15-20-23-21(29-24-20)25-11-2-12-26(14-13-25)30(27,28)19-9-7-18(22)8-10-19/h3-10H,2,11-15H2,1H3. The molecule has 0 atom stereocenters. The van der Waals surface area contributed by atoms with Gasteiger partial charge in [-0.1, -0.05) is 45.8 Å². The van der Waals surface area contributed by atoms with Gasteiger partial charge in [0.1, 0.15) is 5.82 Å². The first-order valence-electron chi connectivity index (χ1n) is 9.80. The van der Waals surface area contributed by atoms with Crippen molar-refractivity contribution in [3.8, 4) is 0 Å². The molecule has 4 rings (SSSR count). The molecule has 1 aliphatic rings. The zero-order valence-electron chi connectivity index (χ0n) is 16.7. The van der Waals surface area contributed by atoms with E-state index in [-0.39, 0.29) is 0 Å². The van der Waals surface area contributed by atoms with Gasteiger partial charge < -0.3 is 4.90 Å². The van der Waals surface area contributed by atoms with Gasteiger partial charge in [-0.15, -0.1) is 0 Å². The van der Waals surface area contributed by atoms with Gasteiger partial charge in [-0.2, -0.15) is 8.68 Å². The molecule has 1 aliphatic heterocycles. The van der Waals surface area contributed by atoms with E-state index in [1.165, 1.54) is 22.7 Å². The monoisotopic (exact) mass is 506 g/mol. The molecular weight excluding hydrogens is 484 g/mol. The third kappa shape index (κ3) is 4.91. The maximum absolute atomic E-state index is 13.0. The van der Waals surface area contributed by atoms with Gasteiger partial charge in [-0.3, -0.25) is 0 Å². The maximum atomic E-state index is 13.0. The van der Waals surface area contributed by atoms with E-state index < -0.39 is 10.0 Å². The van der Waals surface area contributed by atoms with Crippen molar-refractivity contribution in [3.05, 3.63) is 70.0 Å². The van der Waals surface area contributed by atoms with Crippen LogP contribution in [0.1, 0.15) is 23.4 Å². The van der Waals surface area contributed by atoms with Crippen LogP contribution in [0.3, 0.4) is 0 Å². The van der Waals surface area contributed by atoms with Crippen LogP contribution in [0.5, 0.6) is 0 Å². The third-order valence-corrected chi connectivity index (χ3v) is 8.37. The summed E-state index contributed by atoms with van der Waals surface area (Å²) < 4.78 is 32.9. The predicted octanol–water partition coefficient (Wildman–Crippen LogP) is 4.10. The Morgan fingerprint density at radius 3 is 2.47 bits per heavy atom. The number of sulfonamides is 1. The lowest BCUT2D eigenvalue weighted by molar-refractivity contribution is 0.433. The van der Waals surface area contributed by atoms with Crippen LogP contribution in [-0.2, 0) is 16.4 Å². The SMILES string of the molecule is Cc1ccc(Cc2nsc(N3CCCN(S(=O)(=O)c4ccc(Br)cc4)CC3)n2)cc1. The molecule has 0 radical (unpaired) electrons. The molecule has 0 bridgehead atoms. The highest BCUT2D eigenvalue weighted by Crippen LogP contribution is 2.24. The van der Waals surface area contributed by atoms with Crippen LogP contribution in [0, 0.1) is 6.92 Å². The summed E-state index contributed by atoms with van der Waals surface area (Å²) in [6.45, 7) is 4.39. The van der Waals surface area contributed by atoms with Crippen molar-refractivity contribution in [2.24, 2.45) is 0 Å². The molecule has 6 nitrogen and oxygen atoms in total. The molecule has 0 aliphatic carbocycles. The zero-order valence-corrected chi connectivity index (χ0v) is 19.9. The van der Waals surface area contributed by atoms with Crippen LogP contribution in [0.4, 0.5) is 5.13 Å². The van der Waals surface area contributed by atoms with Crippen molar-refractivity contribution in [3.63, 3.8) is 0 Å². The number of hydrogen-bond acceptors (Lipinski definition) is 6. The van der Waals surface area contributed by atoms with Crippen LogP contribution in [0.15, 0.2) is 57.9 Å². The first-order chi connectivity index (χ1) is 14.4. The Morgan fingerprint density at radius 2 is 1.73 bits per heavy atom. The number of halogens is 1. The molecule has 1 fully saturated rings. The van der Waals surface area contributed by atoms with Crippen molar-refractivity contribution in [1.29, 1.82) is 0 Å². The second-order valence-electron chi connectivity index (χ2n) is 7.35. The third-order valence-electron chi connectivity index (χ3n) is 5.12. The average Bonchev–Trinajstić information content (AvgIpc) is 3.04. The van der Waals surface area contributed by atoms with Crippen molar-refractivity contribution < 1.29 is 8.42 Å². The maximum Gasteiger partial charge on any atom is 0.243 e. The number of hydrogen-bond donors (Lipinski definition) is 0. The quantitative estimate of drug-likeness (QED) is 0.520. The Kier molecular flexibility index (Phi) is 6.52. The smallest absolute Gasteiger partial charge is 0.243 e. The molecule has 2 heterocycles. The fraction of sp³-hybridized carbons (Fsp3) is 0.333. The fourth-order valence-corrected chi connectivity index (χ4v) is 5.89.